The van der Waals surface area contributed by atoms with E-state index in [4.69, 9.17) is 30.8 Å². The third-order valence-electron chi connectivity index (χ3n) is 7.28. The van der Waals surface area contributed by atoms with Crippen LogP contribution in [-0.4, -0.2) is 24.3 Å². The van der Waals surface area contributed by atoms with Crippen LogP contribution in [0.4, 0.5) is 0 Å². The number of fused-ring (bicyclic) bond motifs is 1. The zero-order valence-electron chi connectivity index (χ0n) is 24.6. The van der Waals surface area contributed by atoms with Gasteiger partial charge in [0.15, 0.2) is 16.3 Å². The van der Waals surface area contributed by atoms with Crippen molar-refractivity contribution in [3.63, 3.8) is 0 Å². The molecule has 2 heterocycles. The SMILES string of the molecule is CCOC(=O)C1=C(c2ccccc2)N=c2s/c(=C\c3ccc(OCc4ccc(Cl)cc4)c(OC)c3)c(=O)n2C1c1ccccc1. The number of hydrogen-bond donors (Lipinski definition) is 0. The maximum Gasteiger partial charge on any atom is 0.338 e. The molecule has 6 rings (SSSR count). The number of halogens is 1. The maximum absolute atomic E-state index is 14.1. The lowest BCUT2D eigenvalue weighted by molar-refractivity contribution is -0.138. The average molecular weight is 637 g/mol. The summed E-state index contributed by atoms with van der Waals surface area (Å²) >= 11 is 7.26. The van der Waals surface area contributed by atoms with Crippen LogP contribution in [0.3, 0.4) is 0 Å². The molecular weight excluding hydrogens is 608 g/mol. The fourth-order valence-corrected chi connectivity index (χ4v) is 6.30. The van der Waals surface area contributed by atoms with Crippen LogP contribution >= 0.6 is 22.9 Å². The lowest BCUT2D eigenvalue weighted by Gasteiger charge is -2.25. The summed E-state index contributed by atoms with van der Waals surface area (Å²) in [5.74, 6) is 0.590. The summed E-state index contributed by atoms with van der Waals surface area (Å²) in [5, 5.41) is 0.662. The van der Waals surface area contributed by atoms with Gasteiger partial charge in [0.05, 0.1) is 35.6 Å². The number of carbonyl (C=O) groups excluding carboxylic acids is 1. The van der Waals surface area contributed by atoms with Gasteiger partial charge in [-0.15, -0.1) is 0 Å². The number of ether oxygens (including phenoxy) is 3. The molecule has 0 fully saturated rings. The molecule has 1 aromatic heterocycles. The summed E-state index contributed by atoms with van der Waals surface area (Å²) in [6.45, 7) is 2.30. The molecule has 0 spiro atoms. The second-order valence-electron chi connectivity index (χ2n) is 10.2. The normalized spacial score (nSPS) is 14.5. The molecule has 9 heteroatoms. The van der Waals surface area contributed by atoms with Gasteiger partial charge in [0, 0.05) is 10.6 Å². The minimum atomic E-state index is -0.725. The molecule has 0 N–H and O–H groups in total. The van der Waals surface area contributed by atoms with Gasteiger partial charge >= 0.3 is 5.97 Å². The van der Waals surface area contributed by atoms with Crippen LogP contribution in [0, 0.1) is 0 Å². The second kappa shape index (κ2) is 13.4. The van der Waals surface area contributed by atoms with E-state index in [1.807, 2.05) is 103 Å². The smallest absolute Gasteiger partial charge is 0.338 e. The molecule has 1 unspecified atom stereocenters. The second-order valence-corrected chi connectivity index (χ2v) is 11.6. The predicted molar refractivity (Wildman–Crippen MR) is 176 cm³/mol. The van der Waals surface area contributed by atoms with Crippen LogP contribution in [0.25, 0.3) is 11.8 Å². The Morgan fingerprint density at radius 2 is 1.67 bits per heavy atom. The first-order valence-corrected chi connectivity index (χ1v) is 15.5. The van der Waals surface area contributed by atoms with Crippen LogP contribution in [0.5, 0.6) is 11.5 Å². The summed E-state index contributed by atoms with van der Waals surface area (Å²) in [4.78, 5) is 33.1. The molecule has 1 atom stereocenters. The number of benzene rings is 4. The summed E-state index contributed by atoms with van der Waals surface area (Å²) in [6.07, 6.45) is 1.80. The minimum Gasteiger partial charge on any atom is -0.493 e. The number of hydrogen-bond acceptors (Lipinski definition) is 7. The van der Waals surface area contributed by atoms with E-state index in [0.717, 1.165) is 22.3 Å². The Bertz CT molecular complexity index is 2050. The van der Waals surface area contributed by atoms with Gasteiger partial charge in [-0.05, 0) is 54.0 Å². The molecule has 0 radical (unpaired) electrons. The number of nitrogens with zero attached hydrogens (tertiary/aromatic N) is 2. The van der Waals surface area contributed by atoms with Gasteiger partial charge in [-0.3, -0.25) is 9.36 Å². The zero-order chi connectivity index (χ0) is 31.3. The van der Waals surface area contributed by atoms with Crippen molar-refractivity contribution in [1.82, 2.24) is 4.57 Å². The number of methoxy groups -OCH3 is 1. The Kier molecular flexibility index (Phi) is 8.96. The van der Waals surface area contributed by atoms with Crippen LogP contribution in [0.2, 0.25) is 5.02 Å². The Hall–Kier alpha value is -4.92. The van der Waals surface area contributed by atoms with Gasteiger partial charge in [-0.25, -0.2) is 9.79 Å². The molecule has 5 aromatic rings. The van der Waals surface area contributed by atoms with Crippen molar-refractivity contribution < 1.29 is 19.0 Å². The Balaban J connectivity index is 1.45. The van der Waals surface area contributed by atoms with E-state index in [9.17, 15) is 9.59 Å². The molecule has 4 aromatic carbocycles. The number of rotatable bonds is 9. The Morgan fingerprint density at radius 1 is 0.956 bits per heavy atom. The average Bonchev–Trinajstić information content (AvgIpc) is 3.38. The number of aromatic nitrogens is 1. The fourth-order valence-electron chi connectivity index (χ4n) is 5.18. The van der Waals surface area contributed by atoms with Crippen molar-refractivity contribution in [2.24, 2.45) is 4.99 Å². The topological polar surface area (TPSA) is 79.1 Å². The molecule has 1 aliphatic heterocycles. The van der Waals surface area contributed by atoms with E-state index in [2.05, 4.69) is 0 Å². The van der Waals surface area contributed by atoms with E-state index < -0.39 is 12.0 Å². The molecule has 0 saturated carbocycles. The predicted octanol–water partition coefficient (Wildman–Crippen LogP) is 6.18. The van der Waals surface area contributed by atoms with Crippen LogP contribution < -0.4 is 24.4 Å². The Morgan fingerprint density at radius 3 is 2.36 bits per heavy atom. The number of carbonyl (C=O) groups is 1. The molecule has 7 nitrogen and oxygen atoms in total. The van der Waals surface area contributed by atoms with Crippen molar-refractivity contribution in [3.05, 3.63) is 156 Å². The van der Waals surface area contributed by atoms with Crippen molar-refractivity contribution >= 4 is 40.7 Å². The van der Waals surface area contributed by atoms with Crippen molar-refractivity contribution in [2.75, 3.05) is 13.7 Å². The van der Waals surface area contributed by atoms with Gasteiger partial charge in [0.2, 0.25) is 0 Å². The highest BCUT2D eigenvalue weighted by Gasteiger charge is 2.35. The maximum atomic E-state index is 14.1. The van der Waals surface area contributed by atoms with E-state index in [1.54, 1.807) is 24.7 Å². The van der Waals surface area contributed by atoms with E-state index >= 15 is 0 Å². The molecule has 0 saturated heterocycles. The Labute approximate surface area is 268 Å². The summed E-state index contributed by atoms with van der Waals surface area (Å²) in [7, 11) is 1.57. The fraction of sp³-hybridized carbons (Fsp3) is 0.139. The molecule has 1 aliphatic rings. The van der Waals surface area contributed by atoms with Gasteiger partial charge in [0.1, 0.15) is 6.61 Å². The first kappa shape index (κ1) is 30.1. The molecule has 226 valence electrons. The van der Waals surface area contributed by atoms with E-state index in [-0.39, 0.29) is 12.2 Å². The minimum absolute atomic E-state index is 0.192. The molecular formula is C36H29ClN2O5S. The van der Waals surface area contributed by atoms with Gasteiger partial charge in [0.25, 0.3) is 5.56 Å². The molecule has 45 heavy (non-hydrogen) atoms. The highest BCUT2D eigenvalue weighted by Crippen LogP contribution is 2.35. The van der Waals surface area contributed by atoms with Crippen molar-refractivity contribution in [2.45, 2.75) is 19.6 Å². The third-order valence-corrected chi connectivity index (χ3v) is 8.52. The lowest BCUT2D eigenvalue weighted by atomic mass is 9.93. The van der Waals surface area contributed by atoms with Crippen LogP contribution in [-0.2, 0) is 16.1 Å². The van der Waals surface area contributed by atoms with Crippen molar-refractivity contribution in [1.29, 1.82) is 0 Å². The summed E-state index contributed by atoms with van der Waals surface area (Å²) in [6, 6.07) is 31.2. The molecule has 0 amide bonds. The van der Waals surface area contributed by atoms with Crippen LogP contribution in [0.15, 0.2) is 118 Å². The largest absolute Gasteiger partial charge is 0.493 e. The van der Waals surface area contributed by atoms with Gasteiger partial charge in [-0.1, -0.05) is 102 Å². The van der Waals surface area contributed by atoms with E-state index in [0.29, 0.717) is 43.7 Å². The highest BCUT2D eigenvalue weighted by molar-refractivity contribution is 7.07. The third kappa shape index (κ3) is 6.34. The highest BCUT2D eigenvalue weighted by atomic mass is 35.5. The summed E-state index contributed by atoms with van der Waals surface area (Å²) in [5.41, 5.74) is 3.80. The monoisotopic (exact) mass is 636 g/mol. The van der Waals surface area contributed by atoms with Gasteiger partial charge in [-0.2, -0.15) is 0 Å². The first-order chi connectivity index (χ1) is 22.0. The van der Waals surface area contributed by atoms with E-state index in [1.165, 1.54) is 11.3 Å². The quantitative estimate of drug-likeness (QED) is 0.181. The summed E-state index contributed by atoms with van der Waals surface area (Å²) < 4.78 is 19.2. The first-order valence-electron chi connectivity index (χ1n) is 14.4. The zero-order valence-corrected chi connectivity index (χ0v) is 26.2. The molecule has 0 bridgehead atoms. The molecule has 0 aliphatic carbocycles. The standard InChI is InChI=1S/C36H29ClN2O5S/c1-3-43-35(41)31-32(25-10-6-4-7-11-25)38-36-39(33(31)26-12-8-5-9-13-26)34(40)30(45-36)21-24-16-19-28(29(20-24)42-2)44-22-23-14-17-27(37)18-15-23/h4-21,33H,3,22H2,1-2H3/b30-21-. The lowest BCUT2D eigenvalue weighted by Crippen LogP contribution is -2.39. The van der Waals surface area contributed by atoms with Gasteiger partial charge < -0.3 is 14.2 Å². The van der Waals surface area contributed by atoms with Crippen molar-refractivity contribution in [3.8, 4) is 11.5 Å². The number of esters is 1. The van der Waals surface area contributed by atoms with Crippen LogP contribution in [0.1, 0.15) is 35.2 Å². The number of thiazole rings is 1.